The molecule has 5 aromatic carbocycles. The standard InChI is InChI=1S/C29H20N2O/c32-29-18-13-20-7-1-2-8-23(20)26(29)19-30-21-14-16-22(17-15-21)31-27-11-5-3-9-24(27)25-10-4-6-12-28(25)31/h1-19,32H. The van der Waals surface area contributed by atoms with Crippen LogP contribution in [-0.2, 0) is 0 Å². The molecule has 0 spiro atoms. The van der Waals surface area contributed by atoms with E-state index in [9.17, 15) is 5.11 Å². The Hall–Kier alpha value is -4.37. The highest BCUT2D eigenvalue weighted by molar-refractivity contribution is 6.09. The Labute approximate surface area is 185 Å². The molecule has 0 aliphatic rings. The van der Waals surface area contributed by atoms with Crippen LogP contribution in [-0.4, -0.2) is 15.9 Å². The SMILES string of the molecule is Oc1ccc2ccccc2c1C=Nc1ccc(-n2c3ccccc3c3ccccc32)cc1. The number of phenolic OH excluding ortho intramolecular Hbond substituents is 1. The second-order valence-corrected chi connectivity index (χ2v) is 7.86. The van der Waals surface area contributed by atoms with E-state index in [1.807, 2.05) is 42.5 Å². The van der Waals surface area contributed by atoms with Gasteiger partial charge in [0.1, 0.15) is 5.75 Å². The van der Waals surface area contributed by atoms with Crippen LogP contribution in [0.1, 0.15) is 5.56 Å². The number of phenols is 1. The highest BCUT2D eigenvalue weighted by Gasteiger charge is 2.11. The highest BCUT2D eigenvalue weighted by Crippen LogP contribution is 2.32. The molecule has 152 valence electrons. The second kappa shape index (κ2) is 7.40. The van der Waals surface area contributed by atoms with Gasteiger partial charge >= 0.3 is 0 Å². The third-order valence-electron chi connectivity index (χ3n) is 5.98. The largest absolute Gasteiger partial charge is 0.507 e. The molecule has 0 fully saturated rings. The first kappa shape index (κ1) is 18.4. The number of aromatic nitrogens is 1. The molecule has 32 heavy (non-hydrogen) atoms. The lowest BCUT2D eigenvalue weighted by Crippen LogP contribution is -1.92. The zero-order valence-corrected chi connectivity index (χ0v) is 17.3. The second-order valence-electron chi connectivity index (χ2n) is 7.86. The number of para-hydroxylation sites is 2. The number of aliphatic imine (C=N–C) groups is 1. The zero-order chi connectivity index (χ0) is 21.5. The van der Waals surface area contributed by atoms with Crippen LogP contribution in [0.25, 0.3) is 38.3 Å². The van der Waals surface area contributed by atoms with E-state index in [0.29, 0.717) is 0 Å². The van der Waals surface area contributed by atoms with Gasteiger partial charge in [0.15, 0.2) is 0 Å². The van der Waals surface area contributed by atoms with Crippen LogP contribution in [0.2, 0.25) is 0 Å². The molecule has 0 bridgehead atoms. The van der Waals surface area contributed by atoms with E-state index in [2.05, 4.69) is 70.2 Å². The number of hydrogen-bond donors (Lipinski definition) is 1. The fraction of sp³-hybridized carbons (Fsp3) is 0. The minimum Gasteiger partial charge on any atom is -0.507 e. The molecule has 0 unspecified atom stereocenters. The van der Waals surface area contributed by atoms with Gasteiger partial charge in [0.25, 0.3) is 0 Å². The molecule has 3 heteroatoms. The summed E-state index contributed by atoms with van der Waals surface area (Å²) in [6, 6.07) is 36.8. The predicted octanol–water partition coefficient (Wildman–Crippen LogP) is 7.39. The third-order valence-corrected chi connectivity index (χ3v) is 5.98. The van der Waals surface area contributed by atoms with Crippen molar-refractivity contribution in [3.8, 4) is 11.4 Å². The Morgan fingerprint density at radius 3 is 1.88 bits per heavy atom. The maximum atomic E-state index is 10.4. The number of hydrogen-bond acceptors (Lipinski definition) is 2. The van der Waals surface area contributed by atoms with E-state index >= 15 is 0 Å². The molecule has 1 N–H and O–H groups in total. The van der Waals surface area contributed by atoms with Crippen LogP contribution < -0.4 is 0 Å². The fourth-order valence-corrected chi connectivity index (χ4v) is 4.45. The molecular formula is C29H20N2O. The van der Waals surface area contributed by atoms with E-state index in [-0.39, 0.29) is 5.75 Å². The molecule has 3 nitrogen and oxygen atoms in total. The number of fused-ring (bicyclic) bond motifs is 4. The predicted molar refractivity (Wildman–Crippen MR) is 134 cm³/mol. The Balaban J connectivity index is 1.41. The number of benzene rings is 5. The summed E-state index contributed by atoms with van der Waals surface area (Å²) in [7, 11) is 0. The summed E-state index contributed by atoms with van der Waals surface area (Å²) in [5.41, 5.74) is 5.03. The first-order chi connectivity index (χ1) is 15.8. The van der Waals surface area contributed by atoms with Gasteiger partial charge in [-0.25, -0.2) is 0 Å². The molecular weight excluding hydrogens is 392 g/mol. The van der Waals surface area contributed by atoms with Gasteiger partial charge in [-0.2, -0.15) is 0 Å². The molecule has 0 aliphatic heterocycles. The van der Waals surface area contributed by atoms with Crippen LogP contribution in [0.5, 0.6) is 5.75 Å². The van der Waals surface area contributed by atoms with Crippen molar-refractivity contribution in [1.29, 1.82) is 0 Å². The first-order valence-electron chi connectivity index (χ1n) is 10.6. The normalized spacial score (nSPS) is 11.8. The van der Waals surface area contributed by atoms with Crippen molar-refractivity contribution >= 4 is 44.5 Å². The van der Waals surface area contributed by atoms with Crippen LogP contribution in [0.3, 0.4) is 0 Å². The van der Waals surface area contributed by atoms with Crippen molar-refractivity contribution in [3.05, 3.63) is 115 Å². The number of aromatic hydroxyl groups is 1. The van der Waals surface area contributed by atoms with Crippen molar-refractivity contribution in [2.75, 3.05) is 0 Å². The van der Waals surface area contributed by atoms with E-state index < -0.39 is 0 Å². The maximum absolute atomic E-state index is 10.4. The summed E-state index contributed by atoms with van der Waals surface area (Å²) >= 11 is 0. The average Bonchev–Trinajstić information content (AvgIpc) is 3.18. The molecule has 1 aromatic heterocycles. The summed E-state index contributed by atoms with van der Waals surface area (Å²) in [5, 5.41) is 14.9. The molecule has 6 rings (SSSR count). The third kappa shape index (κ3) is 2.95. The summed E-state index contributed by atoms with van der Waals surface area (Å²) in [6.07, 6.45) is 1.74. The van der Waals surface area contributed by atoms with Crippen molar-refractivity contribution < 1.29 is 5.11 Å². The van der Waals surface area contributed by atoms with Gasteiger partial charge < -0.3 is 9.67 Å². The van der Waals surface area contributed by atoms with E-state index in [0.717, 1.165) is 27.7 Å². The number of nitrogens with zero attached hydrogens (tertiary/aromatic N) is 2. The molecule has 0 amide bonds. The fourth-order valence-electron chi connectivity index (χ4n) is 4.45. The van der Waals surface area contributed by atoms with Gasteiger partial charge in [0, 0.05) is 28.2 Å². The van der Waals surface area contributed by atoms with Crippen LogP contribution in [0.4, 0.5) is 5.69 Å². The van der Waals surface area contributed by atoms with Crippen LogP contribution in [0.15, 0.2) is 114 Å². The van der Waals surface area contributed by atoms with E-state index in [4.69, 9.17) is 0 Å². The monoisotopic (exact) mass is 412 g/mol. The Morgan fingerprint density at radius 2 is 1.19 bits per heavy atom. The smallest absolute Gasteiger partial charge is 0.124 e. The lowest BCUT2D eigenvalue weighted by Gasteiger charge is -2.08. The Morgan fingerprint density at radius 1 is 0.594 bits per heavy atom. The molecule has 0 saturated heterocycles. The summed E-state index contributed by atoms with van der Waals surface area (Å²) < 4.78 is 2.29. The van der Waals surface area contributed by atoms with E-state index in [1.165, 1.54) is 21.8 Å². The highest BCUT2D eigenvalue weighted by atomic mass is 16.3. The van der Waals surface area contributed by atoms with Gasteiger partial charge in [-0.1, -0.05) is 66.7 Å². The summed E-state index contributed by atoms with van der Waals surface area (Å²) in [6.45, 7) is 0. The summed E-state index contributed by atoms with van der Waals surface area (Å²) in [5.74, 6) is 0.231. The molecule has 0 aliphatic carbocycles. The molecule has 1 heterocycles. The quantitative estimate of drug-likeness (QED) is 0.302. The molecule has 0 radical (unpaired) electrons. The minimum atomic E-state index is 0.231. The lowest BCUT2D eigenvalue weighted by atomic mass is 10.0. The summed E-state index contributed by atoms with van der Waals surface area (Å²) in [4.78, 5) is 4.64. The Bertz CT molecular complexity index is 1570. The lowest BCUT2D eigenvalue weighted by molar-refractivity contribution is 0.475. The van der Waals surface area contributed by atoms with Crippen LogP contribution in [0, 0.1) is 0 Å². The van der Waals surface area contributed by atoms with E-state index in [1.54, 1.807) is 12.3 Å². The topological polar surface area (TPSA) is 37.5 Å². The molecule has 0 saturated carbocycles. The van der Waals surface area contributed by atoms with Gasteiger partial charge in [0.05, 0.1) is 16.7 Å². The maximum Gasteiger partial charge on any atom is 0.124 e. The first-order valence-corrected chi connectivity index (χ1v) is 10.6. The van der Waals surface area contributed by atoms with Crippen molar-refractivity contribution in [2.45, 2.75) is 0 Å². The number of rotatable bonds is 3. The Kier molecular flexibility index (Phi) is 4.25. The van der Waals surface area contributed by atoms with Gasteiger partial charge in [-0.05, 0) is 53.2 Å². The molecule has 6 aromatic rings. The molecule has 0 atom stereocenters. The van der Waals surface area contributed by atoms with Gasteiger partial charge in [-0.3, -0.25) is 4.99 Å². The van der Waals surface area contributed by atoms with Crippen molar-refractivity contribution in [1.82, 2.24) is 4.57 Å². The minimum absolute atomic E-state index is 0.231. The zero-order valence-electron chi connectivity index (χ0n) is 17.3. The van der Waals surface area contributed by atoms with Crippen molar-refractivity contribution in [2.24, 2.45) is 4.99 Å². The van der Waals surface area contributed by atoms with Gasteiger partial charge in [-0.15, -0.1) is 0 Å². The average molecular weight is 412 g/mol. The van der Waals surface area contributed by atoms with Crippen molar-refractivity contribution in [3.63, 3.8) is 0 Å². The van der Waals surface area contributed by atoms with Gasteiger partial charge in [0.2, 0.25) is 0 Å². The van der Waals surface area contributed by atoms with Crippen LogP contribution >= 0.6 is 0 Å².